The van der Waals surface area contributed by atoms with Crippen molar-refractivity contribution in [1.29, 1.82) is 0 Å². The Labute approximate surface area is 355 Å². The lowest BCUT2D eigenvalue weighted by molar-refractivity contribution is -0.322. The molecule has 2 fully saturated rings. The Hall–Kier alpha value is -3.08. The van der Waals surface area contributed by atoms with Gasteiger partial charge in [0, 0.05) is 36.5 Å². The number of carbonyl (C=O) groups is 4. The summed E-state index contributed by atoms with van der Waals surface area (Å²) < 4.78 is 22.7. The minimum absolute atomic E-state index is 0.124. The highest BCUT2D eigenvalue weighted by atomic mass is 16.7. The summed E-state index contributed by atoms with van der Waals surface area (Å²) in [5.41, 5.74) is 0. The third-order valence-electron chi connectivity index (χ3n) is 12.3. The molecule has 0 aromatic rings. The molecule has 3 aliphatic heterocycles. The number of hydrogen-bond donors (Lipinski definition) is 6. The third kappa shape index (κ3) is 15.1. The van der Waals surface area contributed by atoms with E-state index in [1.165, 1.54) is 0 Å². The van der Waals surface area contributed by atoms with E-state index >= 15 is 0 Å². The van der Waals surface area contributed by atoms with E-state index in [9.17, 15) is 49.8 Å². The van der Waals surface area contributed by atoms with Crippen molar-refractivity contribution in [2.45, 2.75) is 192 Å². The molecule has 0 saturated carbocycles. The minimum atomic E-state index is -2.26. The smallest absolute Gasteiger partial charge is 0.340 e. The zero-order valence-corrected chi connectivity index (χ0v) is 36.4. The topological polar surface area (TPSA) is 227 Å². The number of rotatable bonds is 0. The standard InChI is InChI=1S/C46H72O14/c1-29-23-25-39-33(5)37(49)27-35(47)21-17-13-10-8-12-16-20-32(4)58-44(54)42(52)46(56)30(2)24-26-40(60-46)34(6)38(50)28-36(48)22-18-14-9-7-11-15-19-31(3)57-43(53)41(51)45(29,55)59-39/h7-14,29-36,39-42,47-48,51-52,55-56H,15-28H2,1-6H3/t29-,30-,31?,32?,33?,34?,35?,36?,39+,40+,41?,42?,45-,46-/m1/s1. The second-order valence-corrected chi connectivity index (χ2v) is 17.3. The number of Topliss-reactive ketones (excluding diaryl/α,β-unsaturated/α-hetero) is 2. The van der Waals surface area contributed by atoms with Crippen LogP contribution in [0.5, 0.6) is 0 Å². The fourth-order valence-electron chi connectivity index (χ4n) is 7.82. The quantitative estimate of drug-likeness (QED) is 0.179. The van der Waals surface area contributed by atoms with Gasteiger partial charge in [0.25, 0.3) is 0 Å². The van der Waals surface area contributed by atoms with Gasteiger partial charge in [0.15, 0.2) is 0 Å². The van der Waals surface area contributed by atoms with Gasteiger partial charge in [-0.25, -0.2) is 9.59 Å². The highest BCUT2D eigenvalue weighted by Crippen LogP contribution is 2.39. The number of aliphatic hydroxyl groups excluding tert-OH is 4. The SMILES string of the molecule is CC1CCC=CC=CCCC(O)CC(=O)C(C)[C@@H]2CC[C@@H](C)[C@@](O)(O2)C(O)C(=O)OC(C)CCC=CC=CCCC(O)CC(=O)C(C)[C@@H]2CC[C@@H](C)[C@@](O)(O2)C(O)C(=O)O1. The average molecular weight is 849 g/mol. The maximum atomic E-state index is 13.1. The van der Waals surface area contributed by atoms with E-state index in [1.54, 1.807) is 53.7 Å². The van der Waals surface area contributed by atoms with Crippen molar-refractivity contribution in [1.82, 2.24) is 0 Å². The molecule has 3 rings (SSSR count). The van der Waals surface area contributed by atoms with Gasteiger partial charge in [-0.15, -0.1) is 0 Å². The van der Waals surface area contributed by atoms with Gasteiger partial charge in [0.2, 0.25) is 23.8 Å². The van der Waals surface area contributed by atoms with Gasteiger partial charge >= 0.3 is 11.9 Å². The van der Waals surface area contributed by atoms with Gasteiger partial charge in [-0.1, -0.05) is 76.3 Å². The van der Waals surface area contributed by atoms with E-state index in [0.29, 0.717) is 77.0 Å². The number of ketones is 2. The summed E-state index contributed by atoms with van der Waals surface area (Å²) in [5, 5.41) is 66.0. The van der Waals surface area contributed by atoms with Crippen LogP contribution in [0.25, 0.3) is 0 Å². The Bertz CT molecular complexity index is 1400. The molecule has 2 saturated heterocycles. The molecule has 0 aromatic carbocycles. The molecule has 0 radical (unpaired) electrons. The molecule has 4 bridgehead atoms. The van der Waals surface area contributed by atoms with Crippen LogP contribution in [0.15, 0.2) is 48.6 Å². The Balaban J connectivity index is 1.67. The summed E-state index contributed by atoms with van der Waals surface area (Å²) in [5.74, 6) is -9.77. The predicted molar refractivity (Wildman–Crippen MR) is 223 cm³/mol. The molecule has 14 nitrogen and oxygen atoms in total. The molecule has 60 heavy (non-hydrogen) atoms. The van der Waals surface area contributed by atoms with Gasteiger partial charge < -0.3 is 49.6 Å². The zero-order chi connectivity index (χ0) is 44.6. The minimum Gasteiger partial charge on any atom is -0.461 e. The lowest BCUT2D eigenvalue weighted by Crippen LogP contribution is -2.59. The Morgan fingerprint density at radius 1 is 0.483 bits per heavy atom. The fourth-order valence-corrected chi connectivity index (χ4v) is 7.82. The monoisotopic (exact) mass is 848 g/mol. The van der Waals surface area contributed by atoms with E-state index in [-0.39, 0.29) is 24.4 Å². The maximum absolute atomic E-state index is 13.1. The van der Waals surface area contributed by atoms with Crippen molar-refractivity contribution in [3.05, 3.63) is 48.6 Å². The second kappa shape index (κ2) is 24.5. The molecule has 0 aromatic heterocycles. The van der Waals surface area contributed by atoms with Crippen LogP contribution >= 0.6 is 0 Å². The van der Waals surface area contributed by atoms with E-state index in [1.807, 2.05) is 36.5 Å². The number of carbonyl (C=O) groups excluding carboxylic acids is 4. The van der Waals surface area contributed by atoms with Crippen LogP contribution in [0.2, 0.25) is 0 Å². The lowest BCUT2D eigenvalue weighted by Gasteiger charge is -2.45. The van der Waals surface area contributed by atoms with E-state index in [4.69, 9.17) is 18.9 Å². The van der Waals surface area contributed by atoms with Crippen molar-refractivity contribution < 1.29 is 68.8 Å². The van der Waals surface area contributed by atoms with Crippen LogP contribution in [0.1, 0.15) is 131 Å². The molecule has 0 aliphatic carbocycles. The number of hydrogen-bond acceptors (Lipinski definition) is 14. The maximum Gasteiger partial charge on any atom is 0.340 e. The summed E-state index contributed by atoms with van der Waals surface area (Å²) in [4.78, 5) is 52.2. The first kappa shape index (κ1) is 51.3. The number of esters is 2. The molecule has 340 valence electrons. The van der Waals surface area contributed by atoms with Crippen LogP contribution in [0.4, 0.5) is 0 Å². The van der Waals surface area contributed by atoms with Gasteiger partial charge in [-0.05, 0) is 90.9 Å². The largest absolute Gasteiger partial charge is 0.461 e. The normalized spacial score (nSPS) is 40.2. The Morgan fingerprint density at radius 2 is 0.800 bits per heavy atom. The van der Waals surface area contributed by atoms with Crippen LogP contribution in [0.3, 0.4) is 0 Å². The number of fused-ring (bicyclic) bond motifs is 4. The molecule has 14 heteroatoms. The highest BCUT2D eigenvalue weighted by Gasteiger charge is 2.53. The zero-order valence-electron chi connectivity index (χ0n) is 36.4. The van der Waals surface area contributed by atoms with E-state index in [0.717, 1.165) is 0 Å². The molecule has 0 amide bonds. The van der Waals surface area contributed by atoms with Crippen molar-refractivity contribution in [2.24, 2.45) is 23.7 Å². The molecular weight excluding hydrogens is 776 g/mol. The molecule has 0 spiro atoms. The number of ether oxygens (including phenoxy) is 4. The van der Waals surface area contributed by atoms with Crippen LogP contribution < -0.4 is 0 Å². The van der Waals surface area contributed by atoms with Gasteiger partial charge in [-0.3, -0.25) is 9.59 Å². The summed E-state index contributed by atoms with van der Waals surface area (Å²) in [6, 6.07) is 0. The van der Waals surface area contributed by atoms with Crippen LogP contribution in [0, 0.1) is 23.7 Å². The molecule has 8 unspecified atom stereocenters. The van der Waals surface area contributed by atoms with Crippen LogP contribution in [-0.4, -0.2) is 115 Å². The molecule has 3 heterocycles. The van der Waals surface area contributed by atoms with Gasteiger partial charge in [-0.2, -0.15) is 0 Å². The summed E-state index contributed by atoms with van der Waals surface area (Å²) in [7, 11) is 0. The first-order chi connectivity index (χ1) is 28.3. The van der Waals surface area contributed by atoms with Gasteiger partial charge in [0.1, 0.15) is 11.6 Å². The van der Waals surface area contributed by atoms with E-state index in [2.05, 4.69) is 0 Å². The average Bonchev–Trinajstić information content (AvgIpc) is 3.20. The first-order valence-corrected chi connectivity index (χ1v) is 21.9. The Morgan fingerprint density at radius 3 is 1.13 bits per heavy atom. The highest BCUT2D eigenvalue weighted by molar-refractivity contribution is 5.82. The predicted octanol–water partition coefficient (Wildman–Crippen LogP) is 4.85. The third-order valence-corrected chi connectivity index (χ3v) is 12.3. The van der Waals surface area contributed by atoms with Crippen molar-refractivity contribution in [3.8, 4) is 0 Å². The van der Waals surface area contributed by atoms with Crippen molar-refractivity contribution >= 4 is 23.5 Å². The summed E-state index contributed by atoms with van der Waals surface area (Å²) in [6.45, 7) is 9.96. The first-order valence-electron chi connectivity index (χ1n) is 21.9. The van der Waals surface area contributed by atoms with E-state index < -0.39 is 96.0 Å². The second-order valence-electron chi connectivity index (χ2n) is 17.3. The lowest BCUT2D eigenvalue weighted by atomic mass is 9.82. The molecule has 14 atom stereocenters. The number of cyclic esters (lactones) is 2. The molecule has 3 aliphatic rings. The molecular formula is C46H72O14. The van der Waals surface area contributed by atoms with Crippen molar-refractivity contribution in [3.63, 3.8) is 0 Å². The summed E-state index contributed by atoms with van der Waals surface area (Å²) >= 11 is 0. The van der Waals surface area contributed by atoms with Crippen LogP contribution in [-0.2, 0) is 38.1 Å². The summed E-state index contributed by atoms with van der Waals surface area (Å²) in [6.07, 6.45) is 11.1. The Kier molecular flexibility index (Phi) is 21.0. The molecule has 6 N–H and O–H groups in total. The number of allylic oxidation sites excluding steroid dienone is 8. The number of aliphatic hydroxyl groups is 6. The fraction of sp³-hybridized carbons (Fsp3) is 0.739. The van der Waals surface area contributed by atoms with Gasteiger partial charge in [0.05, 0.1) is 36.6 Å². The van der Waals surface area contributed by atoms with Crippen molar-refractivity contribution in [2.75, 3.05) is 0 Å².